The van der Waals surface area contributed by atoms with Crippen molar-refractivity contribution >= 4 is 5.96 Å². The molecule has 0 atom stereocenters. The SMILES string of the molecule is CCNC(=NCc1ccc(O)c(OCC)c1)N(C)Cc1ccccc1OC. The zero-order valence-electron chi connectivity index (χ0n) is 16.5. The third kappa shape index (κ3) is 5.81. The lowest BCUT2D eigenvalue weighted by Crippen LogP contribution is -2.38. The van der Waals surface area contributed by atoms with Crippen LogP contribution in [-0.4, -0.2) is 43.3 Å². The normalized spacial score (nSPS) is 11.2. The average molecular weight is 371 g/mol. The summed E-state index contributed by atoms with van der Waals surface area (Å²) >= 11 is 0. The van der Waals surface area contributed by atoms with E-state index in [2.05, 4.69) is 10.2 Å². The quantitative estimate of drug-likeness (QED) is 0.550. The van der Waals surface area contributed by atoms with Gasteiger partial charge in [0.05, 0.1) is 20.3 Å². The maximum Gasteiger partial charge on any atom is 0.194 e. The van der Waals surface area contributed by atoms with E-state index >= 15 is 0 Å². The molecule has 27 heavy (non-hydrogen) atoms. The molecule has 2 aromatic carbocycles. The third-order valence-corrected chi connectivity index (χ3v) is 4.03. The van der Waals surface area contributed by atoms with Crippen LogP contribution in [0, 0.1) is 0 Å². The Kier molecular flexibility index (Phi) is 7.79. The summed E-state index contributed by atoms with van der Waals surface area (Å²) in [5.74, 6) is 2.29. The van der Waals surface area contributed by atoms with E-state index in [0.717, 1.165) is 29.4 Å². The third-order valence-electron chi connectivity index (χ3n) is 4.03. The molecule has 0 aromatic heterocycles. The van der Waals surface area contributed by atoms with Gasteiger partial charge in [0.15, 0.2) is 17.5 Å². The van der Waals surface area contributed by atoms with Gasteiger partial charge in [0.2, 0.25) is 0 Å². The molecule has 0 fully saturated rings. The Hall–Kier alpha value is -2.89. The second kappa shape index (κ2) is 10.3. The lowest BCUT2D eigenvalue weighted by molar-refractivity contribution is 0.318. The summed E-state index contributed by atoms with van der Waals surface area (Å²) in [6.07, 6.45) is 0. The van der Waals surface area contributed by atoms with Crippen molar-refractivity contribution < 1.29 is 14.6 Å². The number of phenols is 1. The van der Waals surface area contributed by atoms with Crippen molar-refractivity contribution in [3.05, 3.63) is 53.6 Å². The van der Waals surface area contributed by atoms with E-state index in [9.17, 15) is 5.11 Å². The van der Waals surface area contributed by atoms with E-state index in [4.69, 9.17) is 14.5 Å². The molecule has 0 saturated heterocycles. The smallest absolute Gasteiger partial charge is 0.194 e. The van der Waals surface area contributed by atoms with Crippen LogP contribution in [0.15, 0.2) is 47.5 Å². The Bertz CT molecular complexity index is 762. The van der Waals surface area contributed by atoms with Gasteiger partial charge in [0, 0.05) is 25.7 Å². The Morgan fingerprint density at radius 2 is 1.93 bits per heavy atom. The minimum absolute atomic E-state index is 0.143. The number of guanidine groups is 1. The van der Waals surface area contributed by atoms with Crippen molar-refractivity contribution in [1.29, 1.82) is 0 Å². The summed E-state index contributed by atoms with van der Waals surface area (Å²) in [6.45, 7) is 6.37. The van der Waals surface area contributed by atoms with Gasteiger partial charge >= 0.3 is 0 Å². The topological polar surface area (TPSA) is 66.3 Å². The van der Waals surface area contributed by atoms with E-state index in [1.807, 2.05) is 57.3 Å². The largest absolute Gasteiger partial charge is 0.504 e. The highest BCUT2D eigenvalue weighted by molar-refractivity contribution is 5.79. The summed E-state index contributed by atoms with van der Waals surface area (Å²) in [4.78, 5) is 6.78. The van der Waals surface area contributed by atoms with E-state index in [1.165, 1.54) is 0 Å². The molecule has 2 N–H and O–H groups in total. The Labute approximate surface area is 161 Å². The molecule has 0 unspecified atom stereocenters. The van der Waals surface area contributed by atoms with Crippen LogP contribution in [0.4, 0.5) is 0 Å². The molecule has 0 aliphatic carbocycles. The van der Waals surface area contributed by atoms with Gasteiger partial charge in [-0.1, -0.05) is 24.3 Å². The Morgan fingerprint density at radius 1 is 1.15 bits per heavy atom. The summed E-state index contributed by atoms with van der Waals surface area (Å²) in [5, 5.41) is 13.2. The molecular formula is C21H29N3O3. The number of aromatic hydroxyl groups is 1. The summed E-state index contributed by atoms with van der Waals surface area (Å²) < 4.78 is 10.9. The first kappa shape index (κ1) is 20.4. The number of hydrogen-bond acceptors (Lipinski definition) is 4. The van der Waals surface area contributed by atoms with Gasteiger partial charge in [-0.3, -0.25) is 0 Å². The van der Waals surface area contributed by atoms with Gasteiger partial charge in [-0.05, 0) is 37.6 Å². The zero-order valence-corrected chi connectivity index (χ0v) is 16.5. The molecule has 0 saturated carbocycles. The number of para-hydroxylation sites is 1. The minimum Gasteiger partial charge on any atom is -0.504 e. The lowest BCUT2D eigenvalue weighted by atomic mass is 10.2. The number of ether oxygens (including phenoxy) is 2. The molecule has 0 aliphatic heterocycles. The van der Waals surface area contributed by atoms with Crippen molar-refractivity contribution in [2.24, 2.45) is 4.99 Å². The van der Waals surface area contributed by atoms with Crippen molar-refractivity contribution in [3.63, 3.8) is 0 Å². The van der Waals surface area contributed by atoms with Crippen LogP contribution in [0.25, 0.3) is 0 Å². The van der Waals surface area contributed by atoms with Crippen LogP contribution >= 0.6 is 0 Å². The first-order valence-corrected chi connectivity index (χ1v) is 9.15. The molecule has 0 radical (unpaired) electrons. The molecule has 6 heteroatoms. The Balaban J connectivity index is 2.14. The molecular weight excluding hydrogens is 342 g/mol. The van der Waals surface area contributed by atoms with Crippen LogP contribution in [0.2, 0.25) is 0 Å². The monoisotopic (exact) mass is 371 g/mol. The number of hydrogen-bond donors (Lipinski definition) is 2. The highest BCUT2D eigenvalue weighted by Gasteiger charge is 2.10. The number of nitrogens with zero attached hydrogens (tertiary/aromatic N) is 2. The van der Waals surface area contributed by atoms with E-state index < -0.39 is 0 Å². The maximum atomic E-state index is 9.84. The Morgan fingerprint density at radius 3 is 2.63 bits per heavy atom. The molecule has 0 bridgehead atoms. The van der Waals surface area contributed by atoms with Gasteiger partial charge in [-0.2, -0.15) is 0 Å². The standard InChI is InChI=1S/C21H29N3O3/c1-5-22-21(24(3)15-17-9-7-8-10-19(17)26-4)23-14-16-11-12-18(25)20(13-16)27-6-2/h7-13,25H,5-6,14-15H2,1-4H3,(H,22,23). The zero-order chi connectivity index (χ0) is 19.6. The molecule has 2 aromatic rings. The highest BCUT2D eigenvalue weighted by atomic mass is 16.5. The molecule has 146 valence electrons. The van der Waals surface area contributed by atoms with Crippen LogP contribution < -0.4 is 14.8 Å². The number of rotatable bonds is 8. The highest BCUT2D eigenvalue weighted by Crippen LogP contribution is 2.27. The molecule has 0 amide bonds. The van der Waals surface area contributed by atoms with Crippen molar-refractivity contribution in [2.75, 3.05) is 27.3 Å². The number of methoxy groups -OCH3 is 1. The maximum absolute atomic E-state index is 9.84. The summed E-state index contributed by atoms with van der Waals surface area (Å²) in [7, 11) is 3.68. The van der Waals surface area contributed by atoms with Crippen LogP contribution in [0.1, 0.15) is 25.0 Å². The molecule has 0 heterocycles. The van der Waals surface area contributed by atoms with Gasteiger partial charge in [-0.15, -0.1) is 0 Å². The molecule has 0 spiro atoms. The predicted octanol–water partition coefficient (Wildman–Crippen LogP) is 3.40. The number of phenolic OH excluding ortho intramolecular Hbond substituents is 1. The van der Waals surface area contributed by atoms with Crippen molar-refractivity contribution in [3.8, 4) is 17.2 Å². The molecule has 6 nitrogen and oxygen atoms in total. The van der Waals surface area contributed by atoms with E-state index in [1.54, 1.807) is 13.2 Å². The number of aliphatic imine (C=N–C) groups is 1. The second-order valence-corrected chi connectivity index (χ2v) is 6.07. The summed E-state index contributed by atoms with van der Waals surface area (Å²) in [6, 6.07) is 13.3. The van der Waals surface area contributed by atoms with Crippen LogP contribution in [0.3, 0.4) is 0 Å². The number of benzene rings is 2. The van der Waals surface area contributed by atoms with Crippen molar-refractivity contribution in [2.45, 2.75) is 26.9 Å². The lowest BCUT2D eigenvalue weighted by Gasteiger charge is -2.23. The van der Waals surface area contributed by atoms with Gasteiger partial charge in [0.1, 0.15) is 5.75 Å². The van der Waals surface area contributed by atoms with Crippen molar-refractivity contribution in [1.82, 2.24) is 10.2 Å². The van der Waals surface area contributed by atoms with Gasteiger partial charge in [-0.25, -0.2) is 4.99 Å². The molecule has 0 aliphatic rings. The van der Waals surface area contributed by atoms with E-state index in [-0.39, 0.29) is 5.75 Å². The minimum atomic E-state index is 0.143. The van der Waals surface area contributed by atoms with Gasteiger partial charge < -0.3 is 24.8 Å². The first-order chi connectivity index (χ1) is 13.1. The fourth-order valence-electron chi connectivity index (χ4n) is 2.73. The molecule has 2 rings (SSSR count). The van der Waals surface area contributed by atoms with Gasteiger partial charge in [0.25, 0.3) is 0 Å². The number of nitrogens with one attached hydrogen (secondary N) is 1. The fourth-order valence-corrected chi connectivity index (χ4v) is 2.73. The second-order valence-electron chi connectivity index (χ2n) is 6.07. The first-order valence-electron chi connectivity index (χ1n) is 9.15. The van der Waals surface area contributed by atoms with Crippen LogP contribution in [-0.2, 0) is 13.1 Å². The van der Waals surface area contributed by atoms with E-state index in [0.29, 0.717) is 25.4 Å². The fraction of sp³-hybridized carbons (Fsp3) is 0.381. The summed E-state index contributed by atoms with van der Waals surface area (Å²) in [5.41, 5.74) is 2.06. The van der Waals surface area contributed by atoms with Crippen LogP contribution in [0.5, 0.6) is 17.2 Å². The average Bonchev–Trinajstić information content (AvgIpc) is 2.68. The predicted molar refractivity (Wildman–Crippen MR) is 109 cm³/mol.